The number of aromatic nitrogens is 1. The molecule has 1 aliphatic carbocycles. The standard InChI is InChI=1S/C26H29F2N7O2S/c1-29-10-11-30-9-3-4-17-12-18(19-13-21(24(27)28)32-15-22(19)37-2)20(14-31-17)25(36)33-26-35-34-23(38-26)8-7-16-5-6-16/h12-16,21,23-24,29-30,32,34H,5-6,9-11H2,1-2H3,(H,33,35,36). The lowest BCUT2D eigenvalue weighted by Crippen LogP contribution is -2.33. The summed E-state index contributed by atoms with van der Waals surface area (Å²) in [4.78, 5) is 17.6. The number of rotatable bonds is 8. The molecule has 0 aromatic carbocycles. The van der Waals surface area contributed by atoms with Crippen LogP contribution in [-0.4, -0.2) is 67.7 Å². The monoisotopic (exact) mass is 541 g/mol. The number of nitrogens with zero attached hydrogens (tertiary/aromatic N) is 2. The molecule has 0 saturated heterocycles. The van der Waals surface area contributed by atoms with E-state index in [1.165, 1.54) is 37.3 Å². The van der Waals surface area contributed by atoms with Gasteiger partial charge in [0.05, 0.1) is 19.2 Å². The van der Waals surface area contributed by atoms with Crippen LogP contribution in [0.5, 0.6) is 0 Å². The Hall–Kier alpha value is -3.58. The molecule has 2 unspecified atom stereocenters. The molecule has 1 saturated carbocycles. The number of likely N-dealkylation sites (N-methyl/N-ethyl adjacent to an activating group) is 1. The molecule has 38 heavy (non-hydrogen) atoms. The van der Waals surface area contributed by atoms with E-state index in [0.29, 0.717) is 40.2 Å². The molecule has 2 atom stereocenters. The molecular weight excluding hydrogens is 512 g/mol. The van der Waals surface area contributed by atoms with Gasteiger partial charge in [0, 0.05) is 42.5 Å². The predicted octanol–water partition coefficient (Wildman–Crippen LogP) is 1.43. The predicted molar refractivity (Wildman–Crippen MR) is 144 cm³/mol. The summed E-state index contributed by atoms with van der Waals surface area (Å²) in [5, 5.41) is 15.9. The van der Waals surface area contributed by atoms with E-state index in [1.807, 2.05) is 7.05 Å². The van der Waals surface area contributed by atoms with E-state index >= 15 is 0 Å². The average Bonchev–Trinajstić information content (AvgIpc) is 3.66. The number of pyridine rings is 1. The van der Waals surface area contributed by atoms with Crippen molar-refractivity contribution < 1.29 is 18.3 Å². The SMILES string of the molecule is CNCCNCC#Cc1cc(C2=CC(C(F)F)NC=C2OC)c(C(=O)NC2=NNC(C#CC3CC3)S2)cn1. The van der Waals surface area contributed by atoms with Gasteiger partial charge < -0.3 is 20.7 Å². The number of alkyl halides is 2. The van der Waals surface area contributed by atoms with Crippen molar-refractivity contribution in [3.05, 3.63) is 47.1 Å². The van der Waals surface area contributed by atoms with E-state index in [4.69, 9.17) is 4.74 Å². The zero-order valence-corrected chi connectivity index (χ0v) is 21.8. The van der Waals surface area contributed by atoms with E-state index in [9.17, 15) is 13.6 Å². The molecule has 3 heterocycles. The summed E-state index contributed by atoms with van der Waals surface area (Å²) in [6.45, 7) is 2.00. The molecule has 12 heteroatoms. The number of hydrogen-bond acceptors (Lipinski definition) is 9. The number of amides is 1. The van der Waals surface area contributed by atoms with Gasteiger partial charge >= 0.3 is 0 Å². The van der Waals surface area contributed by atoms with Gasteiger partial charge in [0.2, 0.25) is 0 Å². The topological polar surface area (TPSA) is 112 Å². The van der Waals surface area contributed by atoms with Crippen LogP contribution in [0.2, 0.25) is 0 Å². The van der Waals surface area contributed by atoms with Gasteiger partial charge in [0.1, 0.15) is 17.5 Å². The minimum atomic E-state index is -2.66. The number of allylic oxidation sites excluding steroid dienone is 1. The summed E-state index contributed by atoms with van der Waals surface area (Å²) in [5.41, 5.74) is 4.16. The first-order valence-corrected chi connectivity index (χ1v) is 13.0. The highest BCUT2D eigenvalue weighted by Crippen LogP contribution is 2.31. The first-order chi connectivity index (χ1) is 18.5. The summed E-state index contributed by atoms with van der Waals surface area (Å²) in [7, 11) is 3.30. The highest BCUT2D eigenvalue weighted by atomic mass is 32.2. The molecule has 1 aromatic heterocycles. The number of hydrazone groups is 1. The normalized spacial score (nSPS) is 20.0. The van der Waals surface area contributed by atoms with Crippen molar-refractivity contribution in [2.75, 3.05) is 33.8 Å². The number of amidine groups is 1. The fraction of sp³-hybridized carbons (Fsp3) is 0.423. The third kappa shape index (κ3) is 7.48. The van der Waals surface area contributed by atoms with Crippen molar-refractivity contribution in [1.82, 2.24) is 31.7 Å². The Labute approximate surface area is 224 Å². The highest BCUT2D eigenvalue weighted by Gasteiger charge is 2.28. The van der Waals surface area contributed by atoms with Crippen LogP contribution in [0.25, 0.3) is 5.57 Å². The van der Waals surface area contributed by atoms with Gasteiger partial charge in [0.15, 0.2) is 10.5 Å². The lowest BCUT2D eigenvalue weighted by atomic mass is 9.95. The van der Waals surface area contributed by atoms with Gasteiger partial charge in [-0.15, -0.1) is 0 Å². The van der Waals surface area contributed by atoms with Gasteiger partial charge in [-0.25, -0.2) is 13.8 Å². The Bertz CT molecular complexity index is 1260. The van der Waals surface area contributed by atoms with Crippen LogP contribution in [0.1, 0.15) is 34.5 Å². The van der Waals surface area contributed by atoms with Crippen molar-refractivity contribution in [3.8, 4) is 23.7 Å². The number of thioether (sulfide) groups is 1. The van der Waals surface area contributed by atoms with E-state index < -0.39 is 18.4 Å². The van der Waals surface area contributed by atoms with Crippen LogP contribution >= 0.6 is 11.8 Å². The minimum absolute atomic E-state index is 0.169. The van der Waals surface area contributed by atoms with Crippen LogP contribution in [0, 0.1) is 29.6 Å². The van der Waals surface area contributed by atoms with Crippen LogP contribution in [0.3, 0.4) is 0 Å². The first kappa shape index (κ1) is 27.5. The van der Waals surface area contributed by atoms with Gasteiger partial charge in [-0.1, -0.05) is 17.8 Å². The molecule has 1 aromatic rings. The number of hydrogen-bond donors (Lipinski definition) is 5. The molecule has 5 N–H and O–H groups in total. The first-order valence-electron chi connectivity index (χ1n) is 12.2. The zero-order valence-electron chi connectivity index (χ0n) is 21.0. The van der Waals surface area contributed by atoms with Crippen molar-refractivity contribution in [1.29, 1.82) is 0 Å². The van der Waals surface area contributed by atoms with Crippen molar-refractivity contribution in [2.45, 2.75) is 30.7 Å². The Balaban J connectivity index is 1.58. The molecule has 9 nitrogen and oxygen atoms in total. The number of carbonyl (C=O) groups is 1. The van der Waals surface area contributed by atoms with Crippen LogP contribution in [0.4, 0.5) is 8.78 Å². The third-order valence-electron chi connectivity index (χ3n) is 5.66. The molecule has 0 spiro atoms. The summed E-state index contributed by atoms with van der Waals surface area (Å²) in [6.07, 6.45) is 3.68. The van der Waals surface area contributed by atoms with E-state index in [2.05, 4.69) is 60.5 Å². The van der Waals surface area contributed by atoms with Crippen LogP contribution in [-0.2, 0) is 4.74 Å². The molecule has 3 aliphatic rings. The second-order valence-corrected chi connectivity index (χ2v) is 9.67. The van der Waals surface area contributed by atoms with E-state index in [1.54, 1.807) is 6.07 Å². The zero-order chi connectivity index (χ0) is 26.9. The maximum Gasteiger partial charge on any atom is 0.261 e. The Morgan fingerprint density at radius 2 is 2.16 bits per heavy atom. The third-order valence-corrected chi connectivity index (χ3v) is 6.54. The van der Waals surface area contributed by atoms with Crippen molar-refractivity contribution in [3.63, 3.8) is 0 Å². The second kappa shape index (κ2) is 13.3. The molecule has 200 valence electrons. The summed E-state index contributed by atoms with van der Waals surface area (Å²) >= 11 is 1.30. The van der Waals surface area contributed by atoms with Gasteiger partial charge in [0.25, 0.3) is 12.3 Å². The second-order valence-electron chi connectivity index (χ2n) is 8.58. The minimum Gasteiger partial charge on any atom is -0.495 e. The Morgan fingerprint density at radius 1 is 1.32 bits per heavy atom. The molecule has 0 radical (unpaired) electrons. The van der Waals surface area contributed by atoms with Crippen LogP contribution in [0.15, 0.2) is 35.4 Å². The molecular formula is C26H29F2N7O2S. The fourth-order valence-electron chi connectivity index (χ4n) is 3.51. The van der Waals surface area contributed by atoms with Crippen molar-refractivity contribution in [2.24, 2.45) is 11.0 Å². The average molecular weight is 542 g/mol. The van der Waals surface area contributed by atoms with Crippen LogP contribution < -0.4 is 26.7 Å². The quantitative estimate of drug-likeness (QED) is 0.248. The lowest BCUT2D eigenvalue weighted by Gasteiger charge is -2.23. The molecule has 1 amide bonds. The number of carbonyl (C=O) groups excluding carboxylic acids is 1. The van der Waals surface area contributed by atoms with Gasteiger partial charge in [-0.2, -0.15) is 5.10 Å². The molecule has 4 rings (SSSR count). The lowest BCUT2D eigenvalue weighted by molar-refractivity contribution is 0.0977. The highest BCUT2D eigenvalue weighted by molar-refractivity contribution is 8.14. The van der Waals surface area contributed by atoms with Gasteiger partial charge in [-0.3, -0.25) is 15.5 Å². The van der Waals surface area contributed by atoms with E-state index in [-0.39, 0.29) is 10.9 Å². The molecule has 1 fully saturated rings. The Kier molecular flexibility index (Phi) is 9.60. The number of nitrogens with one attached hydrogen (secondary N) is 5. The maximum atomic E-state index is 13.6. The summed E-state index contributed by atoms with van der Waals surface area (Å²) in [5.74, 6) is 12.5. The smallest absolute Gasteiger partial charge is 0.261 e. The van der Waals surface area contributed by atoms with E-state index in [0.717, 1.165) is 25.9 Å². The maximum absolute atomic E-state index is 13.6. The number of methoxy groups -OCH3 is 1. The molecule has 0 bridgehead atoms. The summed E-state index contributed by atoms with van der Waals surface area (Å²) in [6, 6.07) is 0.358. The van der Waals surface area contributed by atoms with Crippen molar-refractivity contribution >= 4 is 28.4 Å². The Morgan fingerprint density at radius 3 is 2.89 bits per heavy atom. The fourth-order valence-corrected chi connectivity index (χ4v) is 4.22. The van der Waals surface area contributed by atoms with Gasteiger partial charge in [-0.05, 0) is 49.7 Å². The largest absolute Gasteiger partial charge is 0.495 e. The number of halogens is 2. The number of ether oxygens (including phenoxy) is 1. The number of dihydropyridines is 1. The molecule has 2 aliphatic heterocycles. The summed E-state index contributed by atoms with van der Waals surface area (Å²) < 4.78 is 32.5.